The lowest BCUT2D eigenvalue weighted by Crippen LogP contribution is -2.11. The second kappa shape index (κ2) is 6.97. The monoisotopic (exact) mass is 165 g/mol. The van der Waals surface area contributed by atoms with Crippen LogP contribution in [0.3, 0.4) is 0 Å². The second-order valence-electron chi connectivity index (χ2n) is 1.70. The molecule has 0 radical (unpaired) electrons. The quantitative estimate of drug-likeness (QED) is 0.302. The van der Waals surface area contributed by atoms with Crippen molar-refractivity contribution >= 4 is 11.9 Å². The van der Waals surface area contributed by atoms with E-state index in [9.17, 15) is 9.59 Å². The van der Waals surface area contributed by atoms with Crippen molar-refractivity contribution < 1.29 is 24.9 Å². The fourth-order valence-electron chi connectivity index (χ4n) is 0.129. The number of rotatable bonds is 2. The summed E-state index contributed by atoms with van der Waals surface area (Å²) in [6, 6.07) is 0. The van der Waals surface area contributed by atoms with Gasteiger partial charge in [-0.05, 0) is 6.92 Å². The summed E-state index contributed by atoms with van der Waals surface area (Å²) in [7, 11) is 0. The summed E-state index contributed by atoms with van der Waals surface area (Å²) in [6.45, 7) is 1.50. The topological polar surface area (TPSA) is 121 Å². The number of carboxylic acids is 2. The highest BCUT2D eigenvalue weighted by Crippen LogP contribution is 1.74. The smallest absolute Gasteiger partial charge is 0.314 e. The Morgan fingerprint density at radius 2 is 1.55 bits per heavy atom. The van der Waals surface area contributed by atoms with Gasteiger partial charge in [-0.15, -0.1) is 0 Å². The van der Waals surface area contributed by atoms with Crippen molar-refractivity contribution in [2.75, 3.05) is 0 Å². The van der Waals surface area contributed by atoms with Crippen LogP contribution in [0.2, 0.25) is 0 Å². The van der Waals surface area contributed by atoms with Crippen LogP contribution in [0.4, 0.5) is 0 Å². The summed E-state index contributed by atoms with van der Waals surface area (Å²) in [6.07, 6.45) is -1.47. The summed E-state index contributed by atoms with van der Waals surface area (Å²) < 4.78 is 0. The molecule has 5 N–H and O–H groups in total. The molecule has 0 heterocycles. The maximum Gasteiger partial charge on any atom is 0.314 e. The third kappa shape index (κ3) is 51.0. The van der Waals surface area contributed by atoms with Crippen LogP contribution >= 0.6 is 0 Å². The molecule has 1 atom stereocenters. The molecule has 66 valence electrons. The molecule has 6 nitrogen and oxygen atoms in total. The van der Waals surface area contributed by atoms with Gasteiger partial charge in [-0.25, -0.2) is 0 Å². The molecule has 0 rings (SSSR count). The summed E-state index contributed by atoms with van der Waals surface area (Å²) >= 11 is 0. The number of aliphatic hydroxyl groups is 1. The number of hydrogen-bond acceptors (Lipinski definition) is 4. The van der Waals surface area contributed by atoms with Crippen molar-refractivity contribution in [1.29, 1.82) is 0 Å². The molecule has 11 heavy (non-hydrogen) atoms. The zero-order chi connectivity index (χ0) is 9.44. The molecular weight excluding hydrogens is 154 g/mol. The number of hydrogen-bond donors (Lipinski definition) is 4. The lowest BCUT2D eigenvalue weighted by molar-refractivity contribution is -0.147. The van der Waals surface area contributed by atoms with E-state index in [1.54, 1.807) is 0 Å². The Labute approximate surface area is 63.3 Å². The fourth-order valence-corrected chi connectivity index (χ4v) is 0.129. The van der Waals surface area contributed by atoms with Crippen LogP contribution in [0.15, 0.2) is 0 Å². The molecule has 0 saturated carbocycles. The van der Waals surface area contributed by atoms with Gasteiger partial charge < -0.3 is 21.1 Å². The van der Waals surface area contributed by atoms with Crippen LogP contribution < -0.4 is 5.73 Å². The van der Waals surface area contributed by atoms with Crippen molar-refractivity contribution in [3.05, 3.63) is 0 Å². The van der Waals surface area contributed by atoms with E-state index in [1.165, 1.54) is 6.92 Å². The molecule has 0 spiro atoms. The van der Waals surface area contributed by atoms with Gasteiger partial charge in [-0.1, -0.05) is 0 Å². The summed E-state index contributed by atoms with van der Waals surface area (Å²) in [5, 5.41) is 23.2. The van der Waals surface area contributed by atoms with Gasteiger partial charge >= 0.3 is 11.9 Å². The molecule has 0 aromatic rings. The average Bonchev–Trinajstić information content (AvgIpc) is 1.56. The van der Waals surface area contributed by atoms with E-state index in [1.807, 2.05) is 0 Å². The van der Waals surface area contributed by atoms with E-state index in [0.29, 0.717) is 0 Å². The van der Waals surface area contributed by atoms with E-state index in [4.69, 9.17) is 15.3 Å². The van der Waals surface area contributed by atoms with E-state index >= 15 is 0 Å². The second-order valence-corrected chi connectivity index (χ2v) is 1.70. The predicted molar refractivity (Wildman–Crippen MR) is 35.8 cm³/mol. The Morgan fingerprint density at radius 3 is 1.55 bits per heavy atom. The molecule has 0 fully saturated rings. The Kier molecular flexibility index (Phi) is 7.94. The Balaban J connectivity index is 0. The molecule has 0 aliphatic carbocycles. The average molecular weight is 165 g/mol. The summed E-state index contributed by atoms with van der Waals surface area (Å²) in [5.41, 5.74) is 4.67. The first-order valence-electron chi connectivity index (χ1n) is 2.73. The minimum absolute atomic E-state index is 0.667. The first kappa shape index (κ1) is 12.5. The van der Waals surface area contributed by atoms with Crippen LogP contribution in [-0.2, 0) is 9.59 Å². The van der Waals surface area contributed by atoms with Crippen LogP contribution in [0.25, 0.3) is 0 Å². The Hall–Kier alpha value is -1.14. The molecule has 0 amide bonds. The van der Waals surface area contributed by atoms with Gasteiger partial charge in [-0.2, -0.15) is 0 Å². The summed E-state index contributed by atoms with van der Waals surface area (Å²) in [4.78, 5) is 18.9. The number of carbonyl (C=O) groups is 2. The maximum atomic E-state index is 9.43. The Morgan fingerprint density at radius 1 is 1.36 bits per heavy atom. The van der Waals surface area contributed by atoms with Crippen LogP contribution in [-0.4, -0.2) is 33.5 Å². The zero-order valence-corrected chi connectivity index (χ0v) is 6.02. The van der Waals surface area contributed by atoms with Gasteiger partial charge in [-0.3, -0.25) is 9.59 Å². The number of carboxylic acid groups (broad SMARTS) is 2. The number of aliphatic carboxylic acids is 2. The van der Waals surface area contributed by atoms with Crippen molar-refractivity contribution in [3.63, 3.8) is 0 Å². The zero-order valence-electron chi connectivity index (χ0n) is 6.02. The molecular formula is C5H11NO5. The third-order valence-electron chi connectivity index (χ3n) is 0.302. The van der Waals surface area contributed by atoms with E-state index in [-0.39, 0.29) is 0 Å². The standard InChI is InChI=1S/C3H4O4.C2H7NO/c4-2(5)1-3(6)7;1-2(3)4/h1H2,(H,4,5)(H,6,7);2,4H,3H2,1H3. The molecule has 0 aliphatic heterocycles. The molecule has 0 bridgehead atoms. The minimum Gasteiger partial charge on any atom is -0.481 e. The van der Waals surface area contributed by atoms with Gasteiger partial charge in [0, 0.05) is 0 Å². The highest BCUT2D eigenvalue weighted by atomic mass is 16.4. The molecule has 0 aliphatic rings. The lowest BCUT2D eigenvalue weighted by Gasteiger charge is -1.82. The molecule has 0 aromatic carbocycles. The van der Waals surface area contributed by atoms with Gasteiger partial charge in [0.2, 0.25) is 0 Å². The number of aliphatic hydroxyl groups excluding tert-OH is 1. The fraction of sp³-hybridized carbons (Fsp3) is 0.600. The van der Waals surface area contributed by atoms with Gasteiger partial charge in [0.1, 0.15) is 6.42 Å². The van der Waals surface area contributed by atoms with Gasteiger partial charge in [0.15, 0.2) is 0 Å². The Bertz CT molecular complexity index is 118. The van der Waals surface area contributed by atoms with E-state index in [2.05, 4.69) is 5.73 Å². The van der Waals surface area contributed by atoms with Gasteiger partial charge in [0.05, 0.1) is 6.23 Å². The molecule has 6 heteroatoms. The van der Waals surface area contributed by atoms with E-state index in [0.717, 1.165) is 0 Å². The third-order valence-corrected chi connectivity index (χ3v) is 0.302. The molecule has 1 unspecified atom stereocenters. The van der Waals surface area contributed by atoms with Crippen molar-refractivity contribution in [2.45, 2.75) is 19.6 Å². The van der Waals surface area contributed by atoms with E-state index < -0.39 is 24.6 Å². The van der Waals surface area contributed by atoms with Gasteiger partial charge in [0.25, 0.3) is 0 Å². The van der Waals surface area contributed by atoms with Crippen molar-refractivity contribution in [2.24, 2.45) is 5.73 Å². The largest absolute Gasteiger partial charge is 0.481 e. The van der Waals surface area contributed by atoms with Crippen molar-refractivity contribution in [1.82, 2.24) is 0 Å². The first-order valence-corrected chi connectivity index (χ1v) is 2.73. The predicted octanol–water partition coefficient (Wildman–Crippen LogP) is -1.17. The SMILES string of the molecule is CC(N)O.O=C(O)CC(=O)O. The van der Waals surface area contributed by atoms with Crippen LogP contribution in [0.5, 0.6) is 0 Å². The molecule has 0 aromatic heterocycles. The normalized spacial score (nSPS) is 10.8. The maximum absolute atomic E-state index is 9.43. The highest BCUT2D eigenvalue weighted by Gasteiger charge is 2.01. The van der Waals surface area contributed by atoms with Crippen LogP contribution in [0, 0.1) is 0 Å². The first-order chi connectivity index (χ1) is 4.86. The molecule has 0 saturated heterocycles. The lowest BCUT2D eigenvalue weighted by atomic mass is 10.5. The van der Waals surface area contributed by atoms with Crippen molar-refractivity contribution in [3.8, 4) is 0 Å². The van der Waals surface area contributed by atoms with Crippen LogP contribution in [0.1, 0.15) is 13.3 Å². The summed E-state index contributed by atoms with van der Waals surface area (Å²) in [5.74, 6) is -2.62. The highest BCUT2D eigenvalue weighted by molar-refractivity contribution is 5.88. The number of nitrogens with two attached hydrogens (primary N) is 1. The minimum atomic E-state index is -1.31.